The third-order valence-electron chi connectivity index (χ3n) is 9.80. The van der Waals surface area contributed by atoms with Crippen molar-refractivity contribution in [3.63, 3.8) is 0 Å². The van der Waals surface area contributed by atoms with Crippen molar-refractivity contribution in [3.8, 4) is 0 Å². The summed E-state index contributed by atoms with van der Waals surface area (Å²) in [5.41, 5.74) is 3.87. The third-order valence-corrected chi connectivity index (χ3v) is 10.1. The molecule has 7 rings (SSSR count). The fraction of sp³-hybridized carbons (Fsp3) is 0.600. The van der Waals surface area contributed by atoms with E-state index in [4.69, 9.17) is 11.6 Å². The monoisotopic (exact) mass is 462 g/mol. The van der Waals surface area contributed by atoms with Crippen LogP contribution < -0.4 is 5.32 Å². The first-order valence-corrected chi connectivity index (χ1v) is 13.7. The summed E-state index contributed by atoms with van der Waals surface area (Å²) < 4.78 is 0. The van der Waals surface area contributed by atoms with Gasteiger partial charge >= 0.3 is 0 Å². The van der Waals surface area contributed by atoms with Crippen LogP contribution in [0.15, 0.2) is 54.6 Å². The zero-order valence-corrected chi connectivity index (χ0v) is 20.9. The van der Waals surface area contributed by atoms with Crippen molar-refractivity contribution in [2.24, 2.45) is 17.3 Å². The molecule has 2 unspecified atom stereocenters. The third kappa shape index (κ3) is 4.28. The van der Waals surface area contributed by atoms with Gasteiger partial charge < -0.3 is 5.32 Å². The van der Waals surface area contributed by atoms with Gasteiger partial charge in [-0.1, -0.05) is 54.1 Å². The summed E-state index contributed by atoms with van der Waals surface area (Å²) in [6, 6.07) is 21.1. The van der Waals surface area contributed by atoms with Crippen LogP contribution in [0, 0.1) is 17.3 Å². The molecule has 5 fully saturated rings. The minimum atomic E-state index is 0.393. The minimum absolute atomic E-state index is 0.393. The van der Waals surface area contributed by atoms with Crippen molar-refractivity contribution < 1.29 is 0 Å². The number of halogens is 1. The summed E-state index contributed by atoms with van der Waals surface area (Å²) in [6.45, 7) is 6.05. The number of benzene rings is 2. The van der Waals surface area contributed by atoms with Crippen LogP contribution in [0.25, 0.3) is 0 Å². The maximum atomic E-state index is 6.25. The van der Waals surface area contributed by atoms with E-state index in [0.29, 0.717) is 22.9 Å². The molecule has 0 radical (unpaired) electrons. The van der Waals surface area contributed by atoms with Crippen LogP contribution in [-0.4, -0.2) is 30.1 Å². The van der Waals surface area contributed by atoms with E-state index in [0.717, 1.165) is 23.4 Å². The minimum Gasteiger partial charge on any atom is -0.311 e. The molecule has 0 spiro atoms. The normalized spacial score (nSPS) is 35.1. The van der Waals surface area contributed by atoms with Crippen molar-refractivity contribution in [1.82, 2.24) is 10.2 Å². The highest BCUT2D eigenvalue weighted by Gasteiger charge is 2.59. The Morgan fingerprint density at radius 2 is 1.61 bits per heavy atom. The fourth-order valence-electron chi connectivity index (χ4n) is 8.61. The smallest absolute Gasteiger partial charge is 0.0406 e. The Morgan fingerprint density at radius 1 is 0.939 bits per heavy atom. The maximum Gasteiger partial charge on any atom is 0.0406 e. The van der Waals surface area contributed by atoms with Crippen molar-refractivity contribution >= 4 is 11.6 Å². The second-order valence-electron chi connectivity index (χ2n) is 12.0. The number of nitrogens with one attached hydrogen (secondary N) is 1. The van der Waals surface area contributed by atoms with Gasteiger partial charge in [-0.3, -0.25) is 4.90 Å². The van der Waals surface area contributed by atoms with Crippen LogP contribution in [0.2, 0.25) is 5.02 Å². The zero-order valence-electron chi connectivity index (χ0n) is 20.1. The maximum absolute atomic E-state index is 6.25. The molecule has 5 aliphatic rings. The van der Waals surface area contributed by atoms with Crippen LogP contribution in [0.5, 0.6) is 0 Å². The Bertz CT molecular complexity index is 933. The second kappa shape index (κ2) is 8.70. The molecule has 0 amide bonds. The van der Waals surface area contributed by atoms with Crippen molar-refractivity contribution in [3.05, 3.63) is 70.7 Å². The Labute approximate surface area is 205 Å². The molecule has 0 aromatic heterocycles. The van der Waals surface area contributed by atoms with E-state index in [9.17, 15) is 0 Å². The predicted octanol–water partition coefficient (Wildman–Crippen LogP) is 6.82. The molecule has 1 saturated heterocycles. The zero-order chi connectivity index (χ0) is 22.5. The van der Waals surface area contributed by atoms with E-state index < -0.39 is 0 Å². The van der Waals surface area contributed by atoms with Gasteiger partial charge in [0.2, 0.25) is 0 Å². The van der Waals surface area contributed by atoms with Crippen LogP contribution in [-0.2, 0) is 12.0 Å². The number of piperidine rings is 1. The summed E-state index contributed by atoms with van der Waals surface area (Å²) in [5.74, 6) is 1.83. The van der Waals surface area contributed by atoms with Gasteiger partial charge in [0.1, 0.15) is 0 Å². The van der Waals surface area contributed by atoms with Gasteiger partial charge in [0.05, 0.1) is 0 Å². The number of rotatable bonds is 6. The quantitative estimate of drug-likeness (QED) is 0.506. The first kappa shape index (κ1) is 22.1. The van der Waals surface area contributed by atoms with Crippen LogP contribution in [0.1, 0.15) is 69.4 Å². The van der Waals surface area contributed by atoms with Gasteiger partial charge in [-0.15, -0.1) is 0 Å². The molecule has 3 heteroatoms. The molecule has 2 aromatic carbocycles. The standard InChI is InChI=1S/C30H39ClN2/c1-22(32-28-11-13-33(14-12-28)20-23-5-3-2-4-6-23)29-16-24-15-25(17-29)19-30(18-24,21-29)26-7-9-27(31)10-8-26/h2-10,22,24-25,28,32H,11-21H2,1H3/t22-,24-,25+,29?,30?/m1/s1. The lowest BCUT2D eigenvalue weighted by Crippen LogP contribution is -2.61. The summed E-state index contributed by atoms with van der Waals surface area (Å²) >= 11 is 6.25. The lowest BCUT2D eigenvalue weighted by Gasteiger charge is -2.64. The lowest BCUT2D eigenvalue weighted by atomic mass is 9.41. The van der Waals surface area contributed by atoms with Crippen molar-refractivity contribution in [2.75, 3.05) is 13.1 Å². The fourth-order valence-corrected chi connectivity index (χ4v) is 8.74. The Balaban J connectivity index is 1.12. The summed E-state index contributed by atoms with van der Waals surface area (Å²) in [7, 11) is 0. The Kier molecular flexibility index (Phi) is 5.84. The average Bonchev–Trinajstić information content (AvgIpc) is 2.80. The van der Waals surface area contributed by atoms with E-state index in [1.165, 1.54) is 70.0 Å². The van der Waals surface area contributed by atoms with Gasteiger partial charge in [0.25, 0.3) is 0 Å². The summed E-state index contributed by atoms with van der Waals surface area (Å²) in [6.07, 6.45) is 11.1. The number of likely N-dealkylation sites (tertiary alicyclic amines) is 1. The SMILES string of the molecule is C[C@@H](NC1CCN(Cc2ccccc2)CC1)C12C[C@@H]3C[C@@H](CC(c4ccc(Cl)cc4)(C3)C1)C2. The molecule has 176 valence electrons. The van der Waals surface area contributed by atoms with Gasteiger partial charge in [-0.25, -0.2) is 0 Å². The topological polar surface area (TPSA) is 15.3 Å². The highest BCUT2D eigenvalue weighted by molar-refractivity contribution is 6.30. The highest BCUT2D eigenvalue weighted by atomic mass is 35.5. The second-order valence-corrected chi connectivity index (χ2v) is 12.5. The van der Waals surface area contributed by atoms with Crippen molar-refractivity contribution in [2.45, 2.75) is 82.3 Å². The average molecular weight is 463 g/mol. The van der Waals surface area contributed by atoms with Crippen LogP contribution in [0.4, 0.5) is 0 Å². The van der Waals surface area contributed by atoms with E-state index in [2.05, 4.69) is 71.7 Å². The van der Waals surface area contributed by atoms with Gasteiger partial charge in [0, 0.05) is 23.7 Å². The van der Waals surface area contributed by atoms with E-state index in [-0.39, 0.29) is 0 Å². The molecule has 5 atom stereocenters. The number of nitrogens with zero attached hydrogens (tertiary/aromatic N) is 1. The molecule has 1 N–H and O–H groups in total. The van der Waals surface area contributed by atoms with Crippen LogP contribution in [0.3, 0.4) is 0 Å². The van der Waals surface area contributed by atoms with Crippen LogP contribution >= 0.6 is 11.6 Å². The predicted molar refractivity (Wildman–Crippen MR) is 138 cm³/mol. The number of hydrogen-bond donors (Lipinski definition) is 1. The molecule has 4 aliphatic carbocycles. The first-order valence-electron chi connectivity index (χ1n) is 13.3. The van der Waals surface area contributed by atoms with Gasteiger partial charge in [-0.2, -0.15) is 0 Å². The van der Waals surface area contributed by atoms with Gasteiger partial charge in [-0.05, 0) is 117 Å². The van der Waals surface area contributed by atoms with E-state index in [1.807, 2.05) is 0 Å². The summed E-state index contributed by atoms with van der Waals surface area (Å²) in [4.78, 5) is 2.64. The van der Waals surface area contributed by atoms with Gasteiger partial charge in [0.15, 0.2) is 0 Å². The molecule has 1 aliphatic heterocycles. The number of hydrogen-bond acceptors (Lipinski definition) is 2. The van der Waals surface area contributed by atoms with E-state index in [1.54, 1.807) is 5.56 Å². The first-order chi connectivity index (χ1) is 16.0. The Hall–Kier alpha value is -1.35. The largest absolute Gasteiger partial charge is 0.311 e. The molecule has 33 heavy (non-hydrogen) atoms. The molecule has 1 heterocycles. The molecular formula is C30H39ClN2. The Morgan fingerprint density at radius 3 is 2.27 bits per heavy atom. The summed E-state index contributed by atoms with van der Waals surface area (Å²) in [5, 5.41) is 5.06. The molecule has 2 nitrogen and oxygen atoms in total. The van der Waals surface area contributed by atoms with Crippen molar-refractivity contribution in [1.29, 1.82) is 0 Å². The highest BCUT2D eigenvalue weighted by Crippen LogP contribution is 2.66. The lowest BCUT2D eigenvalue weighted by molar-refractivity contribution is -0.0904. The molecule has 4 bridgehead atoms. The molecular weight excluding hydrogens is 424 g/mol. The van der Waals surface area contributed by atoms with E-state index >= 15 is 0 Å². The molecule has 2 aromatic rings. The molecule has 4 saturated carbocycles.